The molecule has 21 heterocycles. The van der Waals surface area contributed by atoms with E-state index in [1.165, 1.54) is 101 Å². The molecule has 1 aliphatic carbocycles. The summed E-state index contributed by atoms with van der Waals surface area (Å²) in [6.07, 6.45) is 15.0. The Balaban J connectivity index is 0.000000132. The number of aromatic amines is 2. The number of ether oxygens (including phenoxy) is 1. The van der Waals surface area contributed by atoms with Gasteiger partial charge in [-0.05, 0) is 191 Å². The van der Waals surface area contributed by atoms with Crippen LogP contribution in [0.2, 0.25) is 0 Å². The largest absolute Gasteiger partial charge is 0.444 e. The van der Waals surface area contributed by atoms with Gasteiger partial charge in [-0.2, -0.15) is 19.9 Å². The first kappa shape index (κ1) is 110. The Hall–Kier alpha value is -13.4. The molecule has 6 amide bonds. The van der Waals surface area contributed by atoms with E-state index >= 15 is 0 Å². The van der Waals surface area contributed by atoms with Gasteiger partial charge in [0, 0.05) is 177 Å². The van der Waals surface area contributed by atoms with E-state index < -0.39 is 17.0 Å². The molecule has 1 fully saturated rings. The van der Waals surface area contributed by atoms with Crippen molar-refractivity contribution in [2.45, 2.75) is 231 Å². The number of amidine groups is 5. The molecule has 47 heteroatoms. The smallest absolute Gasteiger partial charge is 0.410 e. The maximum Gasteiger partial charge on any atom is 0.410 e. The molecule has 784 valence electrons. The fourth-order valence-corrected chi connectivity index (χ4v) is 29.0. The van der Waals surface area contributed by atoms with Crippen LogP contribution in [0.15, 0.2) is 66.0 Å². The van der Waals surface area contributed by atoms with Crippen molar-refractivity contribution in [3.63, 3.8) is 0 Å². The van der Waals surface area contributed by atoms with Gasteiger partial charge in [0.15, 0.2) is 0 Å². The zero-order valence-corrected chi connectivity index (χ0v) is 91.9. The number of hydrogen-bond donors (Lipinski definition) is 17. The number of fused-ring (bicyclic) bond motifs is 15. The second-order valence-electron chi connectivity index (χ2n) is 37.8. The van der Waals surface area contributed by atoms with Gasteiger partial charge in [-0.15, -0.1) is 90.7 Å². The number of aliphatic hydroxyl groups excluding tert-OH is 1. The molecule has 1 atom stereocenters. The van der Waals surface area contributed by atoms with Crippen LogP contribution in [0.5, 0.6) is 0 Å². The number of rotatable bonds is 8. The molecular formula is C101H125N27O12S8. The molecular weight excluding hydrogens is 2040 g/mol. The summed E-state index contributed by atoms with van der Waals surface area (Å²) in [5.41, 5.74) is 49.2. The topological polar surface area (TPSA) is 617 Å². The van der Waals surface area contributed by atoms with Gasteiger partial charge in [-0.3, -0.25) is 59.3 Å². The van der Waals surface area contributed by atoms with Gasteiger partial charge in [0.25, 0.3) is 5.91 Å². The Labute approximate surface area is 884 Å². The molecule has 13 aromatic heterocycles. The number of aliphatic imine (C=N–C) groups is 2. The number of aliphatic hydroxyl groups is 1. The van der Waals surface area contributed by atoms with E-state index in [2.05, 4.69) is 86.6 Å². The predicted octanol–water partition coefficient (Wildman–Crippen LogP) is 11.9. The molecule has 23 N–H and O–H groups in total. The summed E-state index contributed by atoms with van der Waals surface area (Å²) in [6, 6.07) is 1.81. The third-order valence-corrected chi connectivity index (χ3v) is 36.0. The van der Waals surface area contributed by atoms with Gasteiger partial charge >= 0.3 is 28.9 Å². The number of amides is 6. The summed E-state index contributed by atoms with van der Waals surface area (Å²) in [5, 5.41) is 50.4. The quantitative estimate of drug-likeness (QED) is 0.0672. The van der Waals surface area contributed by atoms with Crippen molar-refractivity contribution in [1.29, 1.82) is 16.2 Å². The van der Waals surface area contributed by atoms with E-state index in [1.54, 1.807) is 72.6 Å². The molecule has 0 bridgehead atoms. The van der Waals surface area contributed by atoms with E-state index in [-0.39, 0.29) is 77.0 Å². The molecule has 148 heavy (non-hydrogen) atoms. The van der Waals surface area contributed by atoms with Crippen LogP contribution in [0.3, 0.4) is 0 Å². The van der Waals surface area contributed by atoms with Crippen LogP contribution in [0.4, 0.5) is 28.1 Å². The molecule has 0 aromatic carbocycles. The molecule has 8 aliphatic heterocycles. The van der Waals surface area contributed by atoms with Gasteiger partial charge < -0.3 is 85.2 Å². The Morgan fingerprint density at radius 3 is 1.66 bits per heavy atom. The summed E-state index contributed by atoms with van der Waals surface area (Å²) in [7, 11) is 3.53. The Morgan fingerprint density at radius 1 is 0.554 bits per heavy atom. The number of nitrogens with two attached hydrogens (primary N) is 6. The number of aromatic nitrogens is 9. The lowest BCUT2D eigenvalue weighted by Gasteiger charge is -2.30. The number of H-pyrrole nitrogens is 2. The zero-order chi connectivity index (χ0) is 107. The fourth-order valence-electron chi connectivity index (χ4n) is 18.5. The average Bonchev–Trinajstić information content (AvgIpc) is 1.63. The summed E-state index contributed by atoms with van der Waals surface area (Å²) in [4.78, 5) is 165. The highest BCUT2D eigenvalue weighted by atomic mass is 32.1. The van der Waals surface area contributed by atoms with E-state index in [1.807, 2.05) is 112 Å². The van der Waals surface area contributed by atoms with Crippen LogP contribution >= 0.6 is 90.7 Å². The molecule has 9 aliphatic rings. The van der Waals surface area contributed by atoms with E-state index in [0.29, 0.717) is 102 Å². The standard InChI is InChI=1S/C14H18N4O3S.C14H17N3O2S.C13H17N3O2S.C12H14N2OS.C11H13N3S.C11H14N2OS.C10H13N3OS.C9H11N3OS.C7H8N4O/c1-14(2,3)21-13(20)18-5-4-7-8(6-18)22-11-9(7)10(15)16-12(19)17-11;1-8-11-9(7-10(18)16-13(11)15)20-12(8)14(19)17-5-3-2-4-6-17;1-3-4-15-10(17)5-8-7(2)12-9(19-8)6-11(18)16-13(12)14;1-6-4-10-11(12(13)14-6)8-3-2-7(15)5-9(8)16-10;1-6-4-8-10(11(12)14-6)7-2-3-13-5-9(7)15-8;1-3-4-7-6(2)10-8(15-7)5-9(14)13-11(10)12;1-4-13-9-7(5(2)6(3)15-9)8(11)12-10(13)14;1-4-5(2)14-8-6(4)7(10)11-9(13)12(8)3;1-11-3-2-4-5(8)9-7(12)10-6(4)11/h4-6H2,1-3H3,(H3,15,16,17,19);2-7H2,1H3,(H2,15,16,18);3-6H2,1-2H3,(H,15,17)(H2,14,16,18);7,15H,1-5H2,(H2,13,14);13H,1-5H2,(H2,12,14);3-5H2,1-2H3,(H2,12,13,14);4H2,1-3H3,(H2,11,12,14);1-3H3,(H2,10,11,13);2-3H,1H3,(H3,8,9,10,12)/t;;;7-;;;;;/m...0...../s1. The number of nitrogens with zero attached hydrogens (tertiary/aromatic N) is 11. The normalized spacial score (nSPS) is 15.7. The first-order chi connectivity index (χ1) is 70.1. The average molecular weight is 2170 g/mol. The van der Waals surface area contributed by atoms with Gasteiger partial charge in [0.2, 0.25) is 23.6 Å². The van der Waals surface area contributed by atoms with E-state index in [4.69, 9.17) is 55.4 Å². The van der Waals surface area contributed by atoms with Crippen LogP contribution in [-0.4, -0.2) is 168 Å². The zero-order valence-electron chi connectivity index (χ0n) is 85.4. The summed E-state index contributed by atoms with van der Waals surface area (Å²) in [5.74, 6) is 2.91. The van der Waals surface area contributed by atoms with Gasteiger partial charge in [0.1, 0.15) is 78.2 Å². The third-order valence-electron chi connectivity index (χ3n) is 25.9. The van der Waals surface area contributed by atoms with Crippen molar-refractivity contribution in [2.24, 2.45) is 35.5 Å². The molecule has 0 radical (unpaired) electrons. The number of nitrogens with one attached hydrogen (secondary N) is 10. The third kappa shape index (κ3) is 24.4. The lowest BCUT2D eigenvalue weighted by Crippen LogP contribution is -2.39. The first-order valence-electron chi connectivity index (χ1n) is 48.5. The van der Waals surface area contributed by atoms with Crippen LogP contribution in [0.25, 0.3) is 41.7 Å². The van der Waals surface area contributed by atoms with Crippen LogP contribution in [0.1, 0.15) is 221 Å². The molecule has 0 saturated carbocycles. The Morgan fingerprint density at radius 2 is 1.08 bits per heavy atom. The number of anilines is 4. The maximum absolute atomic E-state index is 12.6. The number of likely N-dealkylation sites (tertiary alicyclic amines) is 1. The number of piperidine rings is 1. The van der Waals surface area contributed by atoms with Crippen molar-refractivity contribution in [3.8, 4) is 0 Å². The monoisotopic (exact) mass is 2160 g/mol. The number of carbonyl (C=O) groups excluding carboxylic acids is 6. The van der Waals surface area contributed by atoms with Crippen LogP contribution in [0, 0.1) is 64.7 Å². The van der Waals surface area contributed by atoms with Crippen molar-refractivity contribution in [3.05, 3.63) is 214 Å². The van der Waals surface area contributed by atoms with Gasteiger partial charge in [-0.25, -0.2) is 34.0 Å². The van der Waals surface area contributed by atoms with E-state index in [9.17, 15) is 53.1 Å². The molecule has 22 rings (SSSR count). The highest BCUT2D eigenvalue weighted by Crippen LogP contribution is 2.43. The summed E-state index contributed by atoms with van der Waals surface area (Å²) >= 11 is 12.8. The molecule has 1 saturated heterocycles. The predicted molar refractivity (Wildman–Crippen MR) is 596 cm³/mol. The van der Waals surface area contributed by atoms with Crippen molar-refractivity contribution >= 4 is 220 Å². The van der Waals surface area contributed by atoms with Crippen molar-refractivity contribution < 1.29 is 38.6 Å². The second kappa shape index (κ2) is 46.6. The number of nitrogen functional groups attached to an aromatic ring is 4. The fraction of sp³-hybridized carbons (Fsp3) is 0.416. The number of carbonyl (C=O) groups is 6. The Bertz CT molecular complexity index is 7850. The number of thiophene rings is 8. The summed E-state index contributed by atoms with van der Waals surface area (Å²) in [6.45, 7) is 39.2. The molecule has 0 unspecified atom stereocenters. The lowest BCUT2D eigenvalue weighted by atomic mass is 9.91. The highest BCUT2D eigenvalue weighted by Gasteiger charge is 2.36. The highest BCUT2D eigenvalue weighted by molar-refractivity contribution is 7.20. The molecule has 13 aromatic rings. The second-order valence-corrected chi connectivity index (χ2v) is 47.1. The minimum atomic E-state index is -0.518. The molecule has 39 nitrogen and oxygen atoms in total. The van der Waals surface area contributed by atoms with Crippen LogP contribution in [-0.2, 0) is 128 Å². The van der Waals surface area contributed by atoms with Crippen molar-refractivity contribution in [1.82, 2.24) is 80.0 Å². The van der Waals surface area contributed by atoms with Crippen molar-refractivity contribution in [2.75, 3.05) is 55.7 Å². The first-order valence-corrected chi connectivity index (χ1v) is 55.0. The maximum atomic E-state index is 12.6. The summed E-state index contributed by atoms with van der Waals surface area (Å²) < 4.78 is 10.4. The van der Waals surface area contributed by atoms with Crippen LogP contribution < -0.4 is 83.7 Å². The van der Waals surface area contributed by atoms with Gasteiger partial charge in [-0.1, -0.05) is 33.4 Å². The minimum absolute atomic E-state index is 0.00522. The molecule has 0 spiro atoms. The lowest BCUT2D eigenvalue weighted by molar-refractivity contribution is -0.121. The SMILES string of the molecule is C=C1Cc2sc3c(c2C(N)=N1)CCNC3.C=C1Cc2sc3c(c2C(N)=N1)CC[C@H](O)C3.CC(C)(C)OC(=O)N1CCc2c(sc3nc(=O)[nH]c(N)c23)C1.CCCNC(=O)Cc1sc2c(c1C)C(=N)NC(=O)C2.CCCc1sc2c(c1C)C(=N)NC(=O)C2.CCn1c(=O)nc(N)c2c(C)c(C)sc21.Cc1c(C(=O)N2CCCCC2)sc2c1C(=N)NC(=O)C2.Cc1sc2c(c(N)nc(=O)n2C)c1C.Cn1ccc2c(N)[nH]c(=O)nc21. The number of hydrogen-bond acceptors (Lipinski definition) is 36. The minimum Gasteiger partial charge on any atom is -0.444 e. The van der Waals surface area contributed by atoms with E-state index in [0.717, 1.165) is 214 Å². The van der Waals surface area contributed by atoms with Gasteiger partial charge in [0.05, 0.1) is 64.8 Å². The number of allylic oxidation sites excluding steroid dienone is 2. The Kier molecular flexibility index (Phi) is 34.7. The number of aryl methyl sites for hydroxylation is 8.